The number of fused-ring (bicyclic) bond motifs is 1. The van der Waals surface area contributed by atoms with Crippen LogP contribution >= 0.6 is 0 Å². The molecule has 0 amide bonds. The molecule has 2 aromatic carbocycles. The summed E-state index contributed by atoms with van der Waals surface area (Å²) in [6, 6.07) is 15.9. The minimum absolute atomic E-state index is 0.240. The van der Waals surface area contributed by atoms with E-state index in [-0.39, 0.29) is 5.75 Å². The van der Waals surface area contributed by atoms with Crippen LogP contribution in [-0.2, 0) is 0 Å². The standard InChI is InChI=1S/C22H25FO/c23-21-14-20(10-11-22(21)24)19-9-8-17-12-16(6-7-18(17)13-19)15-4-2-1-3-5-15/h1-5,10-11,14,16-19,24H,6-9,12-13H2. The smallest absolute Gasteiger partial charge is 0.165 e. The summed E-state index contributed by atoms with van der Waals surface area (Å²) in [5, 5.41) is 9.39. The monoisotopic (exact) mass is 324 g/mol. The Morgan fingerprint density at radius 1 is 0.750 bits per heavy atom. The molecule has 126 valence electrons. The van der Waals surface area contributed by atoms with Crippen molar-refractivity contribution in [1.82, 2.24) is 0 Å². The molecule has 2 aromatic rings. The Balaban J connectivity index is 1.43. The van der Waals surface area contributed by atoms with Crippen LogP contribution in [0, 0.1) is 17.7 Å². The van der Waals surface area contributed by atoms with Gasteiger partial charge in [-0.3, -0.25) is 0 Å². The normalized spacial score (nSPS) is 29.9. The Hall–Kier alpha value is -1.83. The third-order valence-corrected chi connectivity index (χ3v) is 6.33. The zero-order valence-corrected chi connectivity index (χ0v) is 14.0. The van der Waals surface area contributed by atoms with E-state index in [1.807, 2.05) is 6.07 Å². The van der Waals surface area contributed by atoms with E-state index in [1.54, 1.807) is 0 Å². The van der Waals surface area contributed by atoms with E-state index in [0.29, 0.717) is 5.92 Å². The Morgan fingerprint density at radius 2 is 1.38 bits per heavy atom. The Bertz CT molecular complexity index is 696. The van der Waals surface area contributed by atoms with Crippen molar-refractivity contribution >= 4 is 0 Å². The topological polar surface area (TPSA) is 20.2 Å². The molecule has 0 saturated heterocycles. The van der Waals surface area contributed by atoms with Gasteiger partial charge in [-0.2, -0.15) is 0 Å². The summed E-state index contributed by atoms with van der Waals surface area (Å²) in [4.78, 5) is 0. The first-order valence-corrected chi connectivity index (χ1v) is 9.24. The lowest BCUT2D eigenvalue weighted by Gasteiger charge is -2.42. The molecule has 0 aliphatic heterocycles. The van der Waals surface area contributed by atoms with Crippen LogP contribution in [0.1, 0.15) is 61.5 Å². The van der Waals surface area contributed by atoms with Crippen LogP contribution in [0.4, 0.5) is 4.39 Å². The van der Waals surface area contributed by atoms with E-state index in [0.717, 1.165) is 29.7 Å². The van der Waals surface area contributed by atoms with Crippen molar-refractivity contribution in [2.45, 2.75) is 50.4 Å². The van der Waals surface area contributed by atoms with Crippen molar-refractivity contribution < 1.29 is 9.50 Å². The SMILES string of the molecule is Oc1ccc(C2CCC3CC(c4ccccc4)CCC3C2)cc1F. The van der Waals surface area contributed by atoms with Crippen molar-refractivity contribution in [3.63, 3.8) is 0 Å². The molecule has 4 unspecified atom stereocenters. The molecule has 0 heterocycles. The molecular weight excluding hydrogens is 299 g/mol. The van der Waals surface area contributed by atoms with Crippen molar-refractivity contribution in [2.24, 2.45) is 11.8 Å². The molecule has 4 rings (SSSR count). The van der Waals surface area contributed by atoms with Gasteiger partial charge in [0.2, 0.25) is 0 Å². The molecule has 2 heteroatoms. The van der Waals surface area contributed by atoms with Crippen molar-refractivity contribution in [2.75, 3.05) is 0 Å². The molecular formula is C22H25FO. The highest BCUT2D eigenvalue weighted by atomic mass is 19.1. The van der Waals surface area contributed by atoms with Gasteiger partial charge >= 0.3 is 0 Å². The van der Waals surface area contributed by atoms with E-state index in [1.165, 1.54) is 49.8 Å². The molecule has 2 fully saturated rings. The highest BCUT2D eigenvalue weighted by Crippen LogP contribution is 2.49. The van der Waals surface area contributed by atoms with Crippen LogP contribution in [0.15, 0.2) is 48.5 Å². The predicted molar refractivity (Wildman–Crippen MR) is 94.7 cm³/mol. The van der Waals surface area contributed by atoms with Gasteiger partial charge in [-0.1, -0.05) is 36.4 Å². The average Bonchev–Trinajstić information content (AvgIpc) is 2.64. The van der Waals surface area contributed by atoms with Crippen molar-refractivity contribution in [1.29, 1.82) is 0 Å². The van der Waals surface area contributed by atoms with Crippen molar-refractivity contribution in [3.8, 4) is 5.75 Å². The quantitative estimate of drug-likeness (QED) is 0.718. The highest BCUT2D eigenvalue weighted by Gasteiger charge is 2.36. The number of halogens is 1. The van der Waals surface area contributed by atoms with E-state index < -0.39 is 5.82 Å². The molecule has 0 aromatic heterocycles. The van der Waals surface area contributed by atoms with E-state index in [2.05, 4.69) is 30.3 Å². The molecule has 24 heavy (non-hydrogen) atoms. The second kappa shape index (κ2) is 6.58. The maximum absolute atomic E-state index is 13.7. The van der Waals surface area contributed by atoms with Gasteiger partial charge in [0.05, 0.1) is 0 Å². The molecule has 0 spiro atoms. The summed E-state index contributed by atoms with van der Waals surface area (Å²) >= 11 is 0. The number of phenols is 1. The second-order valence-electron chi connectivity index (χ2n) is 7.66. The number of benzene rings is 2. The summed E-state index contributed by atoms with van der Waals surface area (Å²) in [6.07, 6.45) is 7.46. The lowest BCUT2D eigenvalue weighted by atomic mass is 9.63. The Morgan fingerprint density at radius 3 is 2.00 bits per heavy atom. The molecule has 1 N–H and O–H groups in total. The van der Waals surface area contributed by atoms with Crippen LogP contribution in [0.5, 0.6) is 5.75 Å². The minimum atomic E-state index is -0.484. The van der Waals surface area contributed by atoms with E-state index in [9.17, 15) is 9.50 Å². The van der Waals surface area contributed by atoms with Gasteiger partial charge in [-0.25, -0.2) is 4.39 Å². The van der Waals surface area contributed by atoms with Gasteiger partial charge in [-0.15, -0.1) is 0 Å². The molecule has 2 aliphatic rings. The summed E-state index contributed by atoms with van der Waals surface area (Å²) in [5.41, 5.74) is 2.56. The van der Waals surface area contributed by atoms with Gasteiger partial charge in [0, 0.05) is 0 Å². The summed E-state index contributed by atoms with van der Waals surface area (Å²) < 4.78 is 13.7. The number of hydrogen-bond donors (Lipinski definition) is 1. The zero-order valence-electron chi connectivity index (χ0n) is 14.0. The maximum Gasteiger partial charge on any atom is 0.165 e. The lowest BCUT2D eigenvalue weighted by Crippen LogP contribution is -2.29. The van der Waals surface area contributed by atoms with Gasteiger partial charge in [-0.05, 0) is 85.5 Å². The summed E-state index contributed by atoms with van der Waals surface area (Å²) in [6.45, 7) is 0. The van der Waals surface area contributed by atoms with E-state index >= 15 is 0 Å². The number of aromatic hydroxyl groups is 1. The molecule has 0 radical (unpaired) electrons. The third-order valence-electron chi connectivity index (χ3n) is 6.33. The van der Waals surface area contributed by atoms with Crippen LogP contribution < -0.4 is 0 Å². The molecule has 1 nitrogen and oxygen atoms in total. The highest BCUT2D eigenvalue weighted by molar-refractivity contribution is 5.30. The lowest BCUT2D eigenvalue weighted by molar-refractivity contribution is 0.141. The second-order valence-corrected chi connectivity index (χ2v) is 7.66. The summed E-state index contributed by atoms with van der Waals surface area (Å²) in [7, 11) is 0. The number of phenolic OH excluding ortho intramolecular Hbond substituents is 1. The number of hydrogen-bond acceptors (Lipinski definition) is 1. The average molecular weight is 324 g/mol. The van der Waals surface area contributed by atoms with Crippen molar-refractivity contribution in [3.05, 3.63) is 65.5 Å². The fraction of sp³-hybridized carbons (Fsp3) is 0.455. The predicted octanol–water partition coefficient (Wildman–Crippen LogP) is 6.00. The van der Waals surface area contributed by atoms with Crippen LogP contribution in [0.2, 0.25) is 0 Å². The van der Waals surface area contributed by atoms with E-state index in [4.69, 9.17) is 0 Å². The first kappa shape index (κ1) is 15.7. The largest absolute Gasteiger partial charge is 0.505 e. The molecule has 0 bridgehead atoms. The zero-order chi connectivity index (χ0) is 16.5. The van der Waals surface area contributed by atoms with Crippen LogP contribution in [0.25, 0.3) is 0 Å². The molecule has 4 atom stereocenters. The van der Waals surface area contributed by atoms with Gasteiger partial charge in [0.1, 0.15) is 0 Å². The van der Waals surface area contributed by atoms with Gasteiger partial charge < -0.3 is 5.11 Å². The molecule has 2 saturated carbocycles. The third kappa shape index (κ3) is 3.07. The number of rotatable bonds is 2. The fourth-order valence-corrected chi connectivity index (χ4v) is 5.00. The minimum Gasteiger partial charge on any atom is -0.505 e. The van der Waals surface area contributed by atoms with Gasteiger partial charge in [0.25, 0.3) is 0 Å². The first-order valence-electron chi connectivity index (χ1n) is 9.24. The molecule has 2 aliphatic carbocycles. The maximum atomic E-state index is 13.7. The van der Waals surface area contributed by atoms with Crippen LogP contribution in [0.3, 0.4) is 0 Å². The Labute approximate surface area is 143 Å². The van der Waals surface area contributed by atoms with Crippen LogP contribution in [-0.4, -0.2) is 5.11 Å². The Kier molecular flexibility index (Phi) is 4.30. The van der Waals surface area contributed by atoms with Gasteiger partial charge in [0.15, 0.2) is 11.6 Å². The first-order chi connectivity index (χ1) is 11.7. The fourth-order valence-electron chi connectivity index (χ4n) is 5.00. The summed E-state index contributed by atoms with van der Waals surface area (Å²) in [5.74, 6) is 2.05.